The highest BCUT2D eigenvalue weighted by atomic mass is 19.1. The van der Waals surface area contributed by atoms with Gasteiger partial charge in [-0.3, -0.25) is 4.90 Å². The quantitative estimate of drug-likeness (QED) is 0.663. The van der Waals surface area contributed by atoms with Crippen LogP contribution in [0.3, 0.4) is 0 Å². The fraction of sp³-hybridized carbons (Fsp3) is 0.421. The van der Waals surface area contributed by atoms with E-state index in [1.54, 1.807) is 10.9 Å². The largest absolute Gasteiger partial charge is 0.467 e. The van der Waals surface area contributed by atoms with Crippen molar-refractivity contribution in [2.24, 2.45) is 0 Å². The Labute approximate surface area is 157 Å². The molecular formula is C19H23FN6O. The van der Waals surface area contributed by atoms with Crippen LogP contribution >= 0.6 is 0 Å². The van der Waals surface area contributed by atoms with Crippen LogP contribution in [0.1, 0.15) is 30.1 Å². The Morgan fingerprint density at radius 1 is 1.11 bits per heavy atom. The molecule has 3 aromatic rings. The molecule has 1 fully saturated rings. The summed E-state index contributed by atoms with van der Waals surface area (Å²) in [4.78, 5) is 4.79. The van der Waals surface area contributed by atoms with E-state index < -0.39 is 0 Å². The molecule has 1 aromatic carbocycles. The highest BCUT2D eigenvalue weighted by molar-refractivity contribution is 5.25. The van der Waals surface area contributed by atoms with Crippen LogP contribution in [0.2, 0.25) is 0 Å². The second-order valence-electron chi connectivity index (χ2n) is 6.70. The minimum atomic E-state index is -0.247. The standard InChI is InChI=1S/C19H23FN6O/c1-2-24-9-11-25(12-10-24)18(15-5-7-16(20)8-6-15)19-21-22-23-26(19)14-17-4-3-13-27-17/h3-8,13,18H,2,9-12,14H2,1H3/t18-/m1/s1. The van der Waals surface area contributed by atoms with Crippen molar-refractivity contribution >= 4 is 0 Å². The molecule has 2 aromatic heterocycles. The number of aromatic nitrogens is 4. The van der Waals surface area contributed by atoms with Crippen LogP contribution in [0.4, 0.5) is 4.39 Å². The lowest BCUT2D eigenvalue weighted by atomic mass is 10.0. The van der Waals surface area contributed by atoms with Crippen molar-refractivity contribution < 1.29 is 8.81 Å². The Bertz CT molecular complexity index is 839. The van der Waals surface area contributed by atoms with Crippen molar-refractivity contribution in [2.75, 3.05) is 32.7 Å². The van der Waals surface area contributed by atoms with E-state index in [-0.39, 0.29) is 11.9 Å². The molecule has 142 valence electrons. The summed E-state index contributed by atoms with van der Waals surface area (Å²) < 4.78 is 20.7. The number of piperazine rings is 1. The molecule has 8 heteroatoms. The van der Waals surface area contributed by atoms with Gasteiger partial charge in [-0.2, -0.15) is 0 Å². The number of nitrogens with zero attached hydrogens (tertiary/aromatic N) is 6. The maximum atomic E-state index is 13.5. The number of hydrogen-bond donors (Lipinski definition) is 0. The first-order valence-electron chi connectivity index (χ1n) is 9.25. The first-order chi connectivity index (χ1) is 13.2. The second-order valence-corrected chi connectivity index (χ2v) is 6.70. The summed E-state index contributed by atoms with van der Waals surface area (Å²) in [5.74, 6) is 1.28. The van der Waals surface area contributed by atoms with E-state index in [1.165, 1.54) is 12.1 Å². The highest BCUT2D eigenvalue weighted by Crippen LogP contribution is 2.28. The Morgan fingerprint density at radius 3 is 2.56 bits per heavy atom. The number of hydrogen-bond acceptors (Lipinski definition) is 6. The van der Waals surface area contributed by atoms with Crippen LogP contribution in [0.5, 0.6) is 0 Å². The Hall–Kier alpha value is -2.58. The van der Waals surface area contributed by atoms with E-state index in [2.05, 4.69) is 32.2 Å². The third-order valence-electron chi connectivity index (χ3n) is 5.09. The van der Waals surface area contributed by atoms with Gasteiger partial charge in [0.05, 0.1) is 12.3 Å². The molecule has 0 saturated carbocycles. The van der Waals surface area contributed by atoms with Crippen molar-refractivity contribution in [1.82, 2.24) is 30.0 Å². The average Bonchev–Trinajstić information content (AvgIpc) is 3.37. The molecule has 27 heavy (non-hydrogen) atoms. The SMILES string of the molecule is CCN1CCN([C@H](c2ccc(F)cc2)c2nnnn2Cc2ccco2)CC1. The van der Waals surface area contributed by atoms with Gasteiger partial charge in [0.25, 0.3) is 0 Å². The first-order valence-corrected chi connectivity index (χ1v) is 9.25. The normalized spacial score (nSPS) is 17.3. The molecule has 4 rings (SSSR count). The zero-order valence-electron chi connectivity index (χ0n) is 15.3. The summed E-state index contributed by atoms with van der Waals surface area (Å²) in [5.41, 5.74) is 0.983. The van der Waals surface area contributed by atoms with Crippen LogP contribution in [-0.4, -0.2) is 62.7 Å². The molecule has 1 aliphatic heterocycles. The van der Waals surface area contributed by atoms with E-state index in [1.807, 2.05) is 24.3 Å². The number of tetrazole rings is 1. The van der Waals surface area contributed by atoms with Gasteiger partial charge in [-0.15, -0.1) is 5.10 Å². The van der Waals surface area contributed by atoms with E-state index in [0.29, 0.717) is 6.54 Å². The summed E-state index contributed by atoms with van der Waals surface area (Å²) >= 11 is 0. The van der Waals surface area contributed by atoms with E-state index >= 15 is 0 Å². The van der Waals surface area contributed by atoms with Gasteiger partial charge < -0.3 is 9.32 Å². The lowest BCUT2D eigenvalue weighted by molar-refractivity contribution is 0.108. The van der Waals surface area contributed by atoms with Crippen molar-refractivity contribution in [3.05, 3.63) is 65.6 Å². The predicted molar refractivity (Wildman–Crippen MR) is 97.6 cm³/mol. The summed E-state index contributed by atoms with van der Waals surface area (Å²) in [5, 5.41) is 12.4. The van der Waals surface area contributed by atoms with Crippen molar-refractivity contribution in [3.63, 3.8) is 0 Å². The molecule has 3 heterocycles. The lowest BCUT2D eigenvalue weighted by Crippen LogP contribution is -2.48. The van der Waals surface area contributed by atoms with Gasteiger partial charge in [0.15, 0.2) is 5.82 Å². The van der Waals surface area contributed by atoms with Crippen LogP contribution in [0.25, 0.3) is 0 Å². The van der Waals surface area contributed by atoms with Crippen LogP contribution in [-0.2, 0) is 6.54 Å². The average molecular weight is 370 g/mol. The topological polar surface area (TPSA) is 63.2 Å². The second kappa shape index (κ2) is 7.98. The molecule has 0 amide bonds. The maximum absolute atomic E-state index is 13.5. The Kier molecular flexibility index (Phi) is 5.26. The molecule has 0 N–H and O–H groups in total. The maximum Gasteiger partial charge on any atom is 0.173 e. The van der Waals surface area contributed by atoms with Crippen LogP contribution < -0.4 is 0 Å². The highest BCUT2D eigenvalue weighted by Gasteiger charge is 2.30. The van der Waals surface area contributed by atoms with Gasteiger partial charge >= 0.3 is 0 Å². The summed E-state index contributed by atoms with van der Waals surface area (Å²) in [6.45, 7) is 7.49. The van der Waals surface area contributed by atoms with Gasteiger partial charge in [0.2, 0.25) is 0 Å². The fourth-order valence-electron chi connectivity index (χ4n) is 3.58. The van der Waals surface area contributed by atoms with E-state index in [4.69, 9.17) is 4.42 Å². The first kappa shape index (κ1) is 17.8. The zero-order valence-corrected chi connectivity index (χ0v) is 15.3. The number of halogens is 1. The number of likely N-dealkylation sites (N-methyl/N-ethyl adjacent to an activating group) is 1. The summed E-state index contributed by atoms with van der Waals surface area (Å²) in [6, 6.07) is 10.2. The summed E-state index contributed by atoms with van der Waals surface area (Å²) in [7, 11) is 0. The monoisotopic (exact) mass is 370 g/mol. The predicted octanol–water partition coefficient (Wildman–Crippen LogP) is 2.18. The van der Waals surface area contributed by atoms with Gasteiger partial charge in [-0.1, -0.05) is 19.1 Å². The van der Waals surface area contributed by atoms with Crippen LogP contribution in [0.15, 0.2) is 47.1 Å². The Morgan fingerprint density at radius 2 is 1.89 bits per heavy atom. The number of rotatable bonds is 6. The minimum Gasteiger partial charge on any atom is -0.467 e. The van der Waals surface area contributed by atoms with Gasteiger partial charge in [-0.05, 0) is 46.8 Å². The molecule has 0 bridgehead atoms. The summed E-state index contributed by atoms with van der Waals surface area (Å²) in [6.07, 6.45) is 1.64. The third-order valence-corrected chi connectivity index (χ3v) is 5.09. The van der Waals surface area contributed by atoms with Gasteiger partial charge in [-0.25, -0.2) is 9.07 Å². The van der Waals surface area contributed by atoms with Gasteiger partial charge in [0, 0.05) is 26.2 Å². The molecule has 0 aliphatic carbocycles. The lowest BCUT2D eigenvalue weighted by Gasteiger charge is -2.38. The molecule has 7 nitrogen and oxygen atoms in total. The third kappa shape index (κ3) is 3.91. The molecule has 1 saturated heterocycles. The fourth-order valence-corrected chi connectivity index (χ4v) is 3.58. The molecular weight excluding hydrogens is 347 g/mol. The number of furan rings is 1. The minimum absolute atomic E-state index is 0.130. The van der Waals surface area contributed by atoms with Crippen molar-refractivity contribution in [2.45, 2.75) is 19.5 Å². The van der Waals surface area contributed by atoms with E-state index in [9.17, 15) is 4.39 Å². The van der Waals surface area contributed by atoms with E-state index in [0.717, 1.165) is 49.9 Å². The molecule has 1 aliphatic rings. The smallest absolute Gasteiger partial charge is 0.173 e. The van der Waals surface area contributed by atoms with Gasteiger partial charge in [0.1, 0.15) is 18.1 Å². The molecule has 0 spiro atoms. The molecule has 0 unspecified atom stereocenters. The zero-order chi connectivity index (χ0) is 18.6. The molecule has 1 atom stereocenters. The van der Waals surface area contributed by atoms with Crippen LogP contribution in [0, 0.1) is 5.82 Å². The Balaban J connectivity index is 1.66. The van der Waals surface area contributed by atoms with Crippen molar-refractivity contribution in [3.8, 4) is 0 Å². The number of benzene rings is 1. The van der Waals surface area contributed by atoms with Crippen molar-refractivity contribution in [1.29, 1.82) is 0 Å². The molecule has 0 radical (unpaired) electrons.